The molecule has 0 radical (unpaired) electrons. The van der Waals surface area contributed by atoms with Crippen LogP contribution in [0.15, 0.2) is 11.8 Å². The molecule has 1 heterocycles. The van der Waals surface area contributed by atoms with Gasteiger partial charge in [-0.1, -0.05) is 13.3 Å². The summed E-state index contributed by atoms with van der Waals surface area (Å²) in [5, 5.41) is 3.65. The second-order valence-electron chi connectivity index (χ2n) is 6.38. The van der Waals surface area contributed by atoms with Gasteiger partial charge in [0.05, 0.1) is 12.6 Å². The van der Waals surface area contributed by atoms with E-state index in [2.05, 4.69) is 18.3 Å². The smallest absolute Gasteiger partial charge is 0.109 e. The molecule has 0 aromatic rings. The molecule has 102 valence electrons. The third kappa shape index (κ3) is 2.59. The van der Waals surface area contributed by atoms with Gasteiger partial charge in [0.15, 0.2) is 0 Å². The molecule has 2 saturated carbocycles. The molecule has 4 atom stereocenters. The van der Waals surface area contributed by atoms with Crippen molar-refractivity contribution in [1.82, 2.24) is 5.32 Å². The highest BCUT2D eigenvalue weighted by Crippen LogP contribution is 2.50. The maximum Gasteiger partial charge on any atom is 0.109 e. The molecule has 4 unspecified atom stereocenters. The maximum atomic E-state index is 5.88. The predicted molar refractivity (Wildman–Crippen MR) is 74.3 cm³/mol. The molecule has 0 spiro atoms. The molecular formula is C16H27NO. The third-order valence-electron chi connectivity index (χ3n) is 5.18. The molecular weight excluding hydrogens is 222 g/mol. The van der Waals surface area contributed by atoms with Gasteiger partial charge < -0.3 is 10.1 Å². The summed E-state index contributed by atoms with van der Waals surface area (Å²) < 4.78 is 5.88. The molecule has 3 aliphatic rings. The Bertz CT molecular complexity index is 312. The van der Waals surface area contributed by atoms with Crippen LogP contribution in [0.1, 0.15) is 51.9 Å². The van der Waals surface area contributed by atoms with Crippen LogP contribution in [-0.4, -0.2) is 19.2 Å². The van der Waals surface area contributed by atoms with Crippen LogP contribution in [0, 0.1) is 17.8 Å². The second-order valence-corrected chi connectivity index (χ2v) is 6.38. The van der Waals surface area contributed by atoms with E-state index in [4.69, 9.17) is 4.74 Å². The number of ether oxygens (including phenoxy) is 1. The molecule has 0 aromatic heterocycles. The summed E-state index contributed by atoms with van der Waals surface area (Å²) in [5.41, 5.74) is 0. The van der Waals surface area contributed by atoms with Crippen LogP contribution in [0.3, 0.4) is 0 Å². The quantitative estimate of drug-likeness (QED) is 0.805. The predicted octanol–water partition coefficient (Wildman–Crippen LogP) is 3.49. The Morgan fingerprint density at radius 1 is 1.39 bits per heavy atom. The van der Waals surface area contributed by atoms with Gasteiger partial charge >= 0.3 is 0 Å². The standard InChI is InChI=1S/C16H27NO/c1-2-17-15(16-5-3-4-8-18-16)11-14-10-12-6-7-13(14)9-12/h5,12-15,17H,2-4,6-11H2,1H3. The Morgan fingerprint density at radius 2 is 2.33 bits per heavy atom. The van der Waals surface area contributed by atoms with Gasteiger partial charge in [-0.05, 0) is 68.9 Å². The van der Waals surface area contributed by atoms with E-state index in [1.54, 1.807) is 0 Å². The molecule has 3 rings (SSSR count). The van der Waals surface area contributed by atoms with Crippen LogP contribution >= 0.6 is 0 Å². The zero-order valence-corrected chi connectivity index (χ0v) is 11.7. The van der Waals surface area contributed by atoms with E-state index in [0.717, 1.165) is 30.9 Å². The number of likely N-dealkylation sites (N-methyl/N-ethyl adjacent to an activating group) is 1. The fraction of sp³-hybridized carbons (Fsp3) is 0.875. The first-order valence-electron chi connectivity index (χ1n) is 7.93. The van der Waals surface area contributed by atoms with Gasteiger partial charge in [0, 0.05) is 0 Å². The summed E-state index contributed by atoms with van der Waals surface area (Å²) in [6.45, 7) is 4.17. The summed E-state index contributed by atoms with van der Waals surface area (Å²) in [5.74, 6) is 4.29. The van der Waals surface area contributed by atoms with Crippen molar-refractivity contribution in [3.63, 3.8) is 0 Å². The summed E-state index contributed by atoms with van der Waals surface area (Å²) in [4.78, 5) is 0. The van der Waals surface area contributed by atoms with Crippen molar-refractivity contribution in [3.8, 4) is 0 Å². The largest absolute Gasteiger partial charge is 0.497 e. The number of nitrogens with one attached hydrogen (secondary N) is 1. The summed E-state index contributed by atoms with van der Waals surface area (Å²) in [7, 11) is 0. The fourth-order valence-corrected chi connectivity index (χ4v) is 4.33. The van der Waals surface area contributed by atoms with E-state index in [-0.39, 0.29) is 0 Å². The van der Waals surface area contributed by atoms with Gasteiger partial charge in [-0.3, -0.25) is 0 Å². The van der Waals surface area contributed by atoms with Crippen LogP contribution in [0.2, 0.25) is 0 Å². The van der Waals surface area contributed by atoms with E-state index < -0.39 is 0 Å². The van der Waals surface area contributed by atoms with E-state index in [1.165, 1.54) is 50.7 Å². The number of fused-ring (bicyclic) bond motifs is 2. The molecule has 2 aliphatic carbocycles. The third-order valence-corrected chi connectivity index (χ3v) is 5.18. The summed E-state index contributed by atoms with van der Waals surface area (Å²) >= 11 is 0. The van der Waals surface area contributed by atoms with Crippen molar-refractivity contribution in [2.24, 2.45) is 17.8 Å². The maximum absolute atomic E-state index is 5.88. The Kier molecular flexibility index (Phi) is 3.93. The lowest BCUT2D eigenvalue weighted by molar-refractivity contribution is 0.154. The average Bonchev–Trinajstić information content (AvgIpc) is 3.01. The van der Waals surface area contributed by atoms with Crippen molar-refractivity contribution in [2.75, 3.05) is 13.2 Å². The first-order chi connectivity index (χ1) is 8.86. The molecule has 2 fully saturated rings. The normalized spacial score (nSPS) is 36.3. The van der Waals surface area contributed by atoms with Crippen molar-refractivity contribution in [2.45, 2.75) is 57.9 Å². The van der Waals surface area contributed by atoms with E-state index in [0.29, 0.717) is 6.04 Å². The minimum absolute atomic E-state index is 0.486. The van der Waals surface area contributed by atoms with E-state index >= 15 is 0 Å². The average molecular weight is 249 g/mol. The molecule has 0 aromatic carbocycles. The minimum Gasteiger partial charge on any atom is -0.497 e. The molecule has 0 amide bonds. The van der Waals surface area contributed by atoms with Crippen LogP contribution in [0.5, 0.6) is 0 Å². The molecule has 18 heavy (non-hydrogen) atoms. The molecule has 2 nitrogen and oxygen atoms in total. The van der Waals surface area contributed by atoms with Gasteiger partial charge in [0.1, 0.15) is 5.76 Å². The van der Waals surface area contributed by atoms with Gasteiger partial charge in [0.2, 0.25) is 0 Å². The van der Waals surface area contributed by atoms with Crippen LogP contribution in [0.4, 0.5) is 0 Å². The first-order valence-corrected chi connectivity index (χ1v) is 7.93. The first kappa shape index (κ1) is 12.5. The highest BCUT2D eigenvalue weighted by Gasteiger charge is 2.40. The SMILES string of the molecule is CCNC(CC1CC2CCC1C2)C1=CCCCO1. The van der Waals surface area contributed by atoms with Crippen molar-refractivity contribution < 1.29 is 4.74 Å². The Balaban J connectivity index is 1.61. The molecule has 1 aliphatic heterocycles. The van der Waals surface area contributed by atoms with Gasteiger partial charge in [-0.2, -0.15) is 0 Å². The van der Waals surface area contributed by atoms with Gasteiger partial charge in [0.25, 0.3) is 0 Å². The number of hydrogen-bond acceptors (Lipinski definition) is 2. The Hall–Kier alpha value is -0.500. The van der Waals surface area contributed by atoms with Crippen LogP contribution < -0.4 is 5.32 Å². The monoisotopic (exact) mass is 249 g/mol. The van der Waals surface area contributed by atoms with Crippen LogP contribution in [0.25, 0.3) is 0 Å². The van der Waals surface area contributed by atoms with Gasteiger partial charge in [-0.25, -0.2) is 0 Å². The van der Waals surface area contributed by atoms with Crippen molar-refractivity contribution in [1.29, 1.82) is 0 Å². The fourth-order valence-electron chi connectivity index (χ4n) is 4.33. The van der Waals surface area contributed by atoms with Crippen molar-refractivity contribution in [3.05, 3.63) is 11.8 Å². The topological polar surface area (TPSA) is 21.3 Å². The highest BCUT2D eigenvalue weighted by atomic mass is 16.5. The van der Waals surface area contributed by atoms with Crippen LogP contribution in [-0.2, 0) is 4.74 Å². The summed E-state index contributed by atoms with van der Waals surface area (Å²) in [6, 6.07) is 0.486. The van der Waals surface area contributed by atoms with Gasteiger partial charge in [-0.15, -0.1) is 0 Å². The molecule has 0 saturated heterocycles. The lowest BCUT2D eigenvalue weighted by Gasteiger charge is -2.30. The lowest BCUT2D eigenvalue weighted by Crippen LogP contribution is -2.35. The molecule has 2 bridgehead atoms. The number of allylic oxidation sites excluding steroid dienone is 1. The second kappa shape index (κ2) is 5.64. The zero-order valence-electron chi connectivity index (χ0n) is 11.7. The summed E-state index contributed by atoms with van der Waals surface area (Å²) in [6.07, 6.45) is 12.0. The lowest BCUT2D eigenvalue weighted by atomic mass is 9.83. The minimum atomic E-state index is 0.486. The Morgan fingerprint density at radius 3 is 2.94 bits per heavy atom. The van der Waals surface area contributed by atoms with Crippen molar-refractivity contribution >= 4 is 0 Å². The Labute approximate surface area is 111 Å². The number of rotatable bonds is 5. The number of hydrogen-bond donors (Lipinski definition) is 1. The highest BCUT2D eigenvalue weighted by molar-refractivity contribution is 5.07. The zero-order chi connectivity index (χ0) is 12.4. The van der Waals surface area contributed by atoms with E-state index in [1.807, 2.05) is 0 Å². The van der Waals surface area contributed by atoms with E-state index in [9.17, 15) is 0 Å². The molecule has 2 heteroatoms. The molecule has 1 N–H and O–H groups in total.